The average Bonchev–Trinajstić information content (AvgIpc) is 2.82. The molecule has 2 aliphatic rings. The van der Waals surface area contributed by atoms with Crippen molar-refractivity contribution < 1.29 is 31.4 Å². The second-order valence-electron chi connectivity index (χ2n) is 6.91. The molecule has 1 aromatic rings. The van der Waals surface area contributed by atoms with Crippen LogP contribution in [0.3, 0.4) is 0 Å². The Bertz CT molecular complexity index is 1070. The zero-order valence-corrected chi connectivity index (χ0v) is 16.6. The second kappa shape index (κ2) is 5.70. The summed E-state index contributed by atoms with van der Waals surface area (Å²) in [5.74, 6) is 0. The molecule has 2 aliphatic heterocycles. The largest absolute Gasteiger partial charge is 0.412 e. The van der Waals surface area contributed by atoms with Gasteiger partial charge in [-0.2, -0.15) is 16.8 Å². The average molecular weight is 404 g/mol. The van der Waals surface area contributed by atoms with E-state index in [1.165, 1.54) is 6.07 Å². The van der Waals surface area contributed by atoms with Crippen LogP contribution in [0.15, 0.2) is 27.3 Å². The fourth-order valence-electron chi connectivity index (χ4n) is 4.14. The first-order chi connectivity index (χ1) is 11.2. The maximum absolute atomic E-state index is 11.9. The number of allylic oxidation sites excluding steroid dienone is 2. The van der Waals surface area contributed by atoms with Gasteiger partial charge >= 0.3 is 6.98 Å². The number of rotatable bonds is 2. The smallest absolute Gasteiger partial charge is 0.380 e. The zero-order chi connectivity index (χ0) is 19.1. The molecule has 0 saturated heterocycles. The molecule has 0 aromatic carbocycles. The van der Waals surface area contributed by atoms with E-state index in [0.29, 0.717) is 22.8 Å². The SMILES string of the molecule is CB1N2C(=Cc3cc(S(=O)(=O)O)c(C)n31)C(C)(C)C(S(=O)(=O)O)=C2C.O. The van der Waals surface area contributed by atoms with E-state index in [2.05, 4.69) is 0 Å². The molecule has 3 heterocycles. The summed E-state index contributed by atoms with van der Waals surface area (Å²) in [4.78, 5) is 1.51. The number of fused-ring (bicyclic) bond motifs is 2. The number of nitrogens with zero attached hydrogens (tertiary/aromatic N) is 2. The van der Waals surface area contributed by atoms with Gasteiger partial charge in [0.05, 0.1) is 0 Å². The summed E-state index contributed by atoms with van der Waals surface area (Å²) < 4.78 is 67.8. The van der Waals surface area contributed by atoms with Gasteiger partial charge < -0.3 is 14.8 Å². The monoisotopic (exact) mass is 404 g/mol. The van der Waals surface area contributed by atoms with Crippen molar-refractivity contribution in [2.75, 3.05) is 0 Å². The predicted molar refractivity (Wildman–Crippen MR) is 97.5 cm³/mol. The van der Waals surface area contributed by atoms with Crippen LogP contribution in [0.2, 0.25) is 6.82 Å². The summed E-state index contributed by atoms with van der Waals surface area (Å²) >= 11 is 0. The molecule has 4 N–H and O–H groups in total. The Morgan fingerprint density at radius 2 is 1.62 bits per heavy atom. The Morgan fingerprint density at radius 1 is 1.08 bits per heavy atom. The lowest BCUT2D eigenvalue weighted by molar-refractivity contribution is 0.461. The van der Waals surface area contributed by atoms with Crippen LogP contribution < -0.4 is 0 Å². The highest BCUT2D eigenvalue weighted by Crippen LogP contribution is 2.51. The normalized spacial score (nSPS) is 19.1. The molecule has 0 radical (unpaired) electrons. The van der Waals surface area contributed by atoms with Gasteiger partial charge in [-0.05, 0) is 46.7 Å². The third kappa shape index (κ3) is 2.64. The number of hydrogen-bond donors (Lipinski definition) is 2. The van der Waals surface area contributed by atoms with Gasteiger partial charge in [0.25, 0.3) is 20.2 Å². The van der Waals surface area contributed by atoms with E-state index in [4.69, 9.17) is 0 Å². The van der Waals surface area contributed by atoms with Crippen molar-refractivity contribution in [3.05, 3.63) is 33.8 Å². The lowest BCUT2D eigenvalue weighted by Crippen LogP contribution is -2.44. The molecule has 26 heavy (non-hydrogen) atoms. The molecule has 0 spiro atoms. The van der Waals surface area contributed by atoms with Gasteiger partial charge in [0.2, 0.25) is 0 Å². The van der Waals surface area contributed by atoms with Crippen molar-refractivity contribution in [2.45, 2.75) is 39.4 Å². The van der Waals surface area contributed by atoms with E-state index < -0.39 is 32.6 Å². The summed E-state index contributed by atoms with van der Waals surface area (Å²) in [5, 5.41) is 0. The van der Waals surface area contributed by atoms with Crippen molar-refractivity contribution >= 4 is 33.3 Å². The number of aromatic nitrogens is 1. The Balaban J connectivity index is 0.00000243. The highest BCUT2D eigenvalue weighted by Gasteiger charge is 2.50. The maximum atomic E-state index is 11.9. The van der Waals surface area contributed by atoms with Crippen LogP contribution in [-0.2, 0) is 20.2 Å². The molecular formula is C14H21BN2O7S2. The lowest BCUT2D eigenvalue weighted by atomic mass is 9.72. The van der Waals surface area contributed by atoms with Gasteiger partial charge in [-0.3, -0.25) is 9.11 Å². The minimum atomic E-state index is -4.40. The minimum Gasteiger partial charge on any atom is -0.412 e. The summed E-state index contributed by atoms with van der Waals surface area (Å²) in [6.45, 7) is 7.93. The standard InChI is InChI=1S/C14H19BN2O6S2.H2O/c1-8-11(24(18,19)20)6-10-7-12-14(3,4)13(25(21,22)23)9(2)17(12)15(5)16(8)10;/h6-7H,1-5H3,(H,18,19,20)(H,21,22,23);1H2. The summed E-state index contributed by atoms with van der Waals surface area (Å²) in [6.07, 6.45) is 1.68. The van der Waals surface area contributed by atoms with Crippen molar-refractivity contribution in [1.82, 2.24) is 9.29 Å². The molecule has 0 saturated carbocycles. The molecule has 0 fully saturated rings. The van der Waals surface area contributed by atoms with Crippen molar-refractivity contribution in [3.8, 4) is 0 Å². The fraction of sp³-hybridized carbons (Fsp3) is 0.429. The molecule has 0 unspecified atom stereocenters. The van der Waals surface area contributed by atoms with E-state index >= 15 is 0 Å². The van der Waals surface area contributed by atoms with Gasteiger partial charge in [-0.15, -0.1) is 0 Å². The quantitative estimate of drug-likeness (QED) is 0.552. The van der Waals surface area contributed by atoms with Crippen LogP contribution in [0, 0.1) is 12.3 Å². The minimum absolute atomic E-state index is 0. The Kier molecular flexibility index (Phi) is 4.54. The molecule has 0 atom stereocenters. The molecule has 3 rings (SSSR count). The fourth-order valence-corrected chi connectivity index (χ4v) is 6.11. The first-order valence-corrected chi connectivity index (χ1v) is 10.5. The molecule has 1 aromatic heterocycles. The van der Waals surface area contributed by atoms with Crippen molar-refractivity contribution in [3.63, 3.8) is 0 Å². The molecule has 9 nitrogen and oxygen atoms in total. The molecular weight excluding hydrogens is 383 g/mol. The van der Waals surface area contributed by atoms with E-state index in [-0.39, 0.29) is 15.3 Å². The van der Waals surface area contributed by atoms with Gasteiger partial charge in [0, 0.05) is 28.2 Å². The van der Waals surface area contributed by atoms with Crippen molar-refractivity contribution in [2.24, 2.45) is 5.41 Å². The van der Waals surface area contributed by atoms with Gasteiger partial charge in [-0.25, -0.2) is 0 Å². The van der Waals surface area contributed by atoms with E-state index in [9.17, 15) is 25.9 Å². The van der Waals surface area contributed by atoms with Crippen molar-refractivity contribution in [1.29, 1.82) is 0 Å². The first kappa shape index (κ1) is 20.7. The molecule has 0 aliphatic carbocycles. The van der Waals surface area contributed by atoms with Gasteiger partial charge in [0.15, 0.2) is 0 Å². The van der Waals surface area contributed by atoms with Crippen LogP contribution >= 0.6 is 0 Å². The summed E-state index contributed by atoms with van der Waals surface area (Å²) in [5.41, 5.74) is 0.941. The molecule has 0 amide bonds. The van der Waals surface area contributed by atoms with Gasteiger partial charge in [0.1, 0.15) is 9.80 Å². The van der Waals surface area contributed by atoms with Crippen LogP contribution in [-0.4, -0.2) is 47.7 Å². The topological polar surface area (TPSA) is 148 Å². The molecule has 12 heteroatoms. The van der Waals surface area contributed by atoms with Crippen LogP contribution in [0.25, 0.3) is 6.08 Å². The van der Waals surface area contributed by atoms with E-state index in [1.54, 1.807) is 49.9 Å². The maximum Gasteiger partial charge on any atom is 0.380 e. The first-order valence-electron chi connectivity index (χ1n) is 7.58. The molecule has 144 valence electrons. The second-order valence-corrected chi connectivity index (χ2v) is 9.66. The zero-order valence-electron chi connectivity index (χ0n) is 15.0. The third-order valence-corrected chi connectivity index (χ3v) is 7.29. The van der Waals surface area contributed by atoms with Crippen LogP contribution in [0.5, 0.6) is 0 Å². The highest BCUT2D eigenvalue weighted by atomic mass is 32.2. The molecule has 0 bridgehead atoms. The van der Waals surface area contributed by atoms with Crippen LogP contribution in [0.1, 0.15) is 32.2 Å². The van der Waals surface area contributed by atoms with E-state index in [1.807, 2.05) is 0 Å². The number of hydrogen-bond acceptors (Lipinski definition) is 5. The summed E-state index contributed by atoms with van der Waals surface area (Å²) in [7, 11) is -8.77. The highest BCUT2D eigenvalue weighted by molar-refractivity contribution is 7.89. The predicted octanol–water partition coefficient (Wildman–Crippen LogP) is 1.00. The van der Waals surface area contributed by atoms with Gasteiger partial charge in [-0.1, -0.05) is 0 Å². The summed E-state index contributed by atoms with van der Waals surface area (Å²) in [6, 6.07) is 1.36. The Labute approximate surface area is 152 Å². The Hall–Kier alpha value is -1.60. The third-order valence-electron chi connectivity index (χ3n) is 5.00. The lowest BCUT2D eigenvalue weighted by Gasteiger charge is -2.36. The van der Waals surface area contributed by atoms with Crippen LogP contribution in [0.4, 0.5) is 0 Å². The Morgan fingerprint density at radius 3 is 2.08 bits per heavy atom. The van der Waals surface area contributed by atoms with E-state index in [0.717, 1.165) is 0 Å².